The third-order valence-electron chi connectivity index (χ3n) is 3.48. The predicted octanol–water partition coefficient (Wildman–Crippen LogP) is 4.08. The summed E-state index contributed by atoms with van der Waals surface area (Å²) in [6, 6.07) is 11.5. The minimum absolute atomic E-state index is 0.325. The van der Waals surface area contributed by atoms with Gasteiger partial charge in [-0.15, -0.1) is 11.3 Å². The molecular weight excluding hydrogens is 327 g/mol. The summed E-state index contributed by atoms with van der Waals surface area (Å²) < 4.78 is 13.2. The van der Waals surface area contributed by atoms with Crippen molar-refractivity contribution >= 4 is 33.3 Å². The lowest BCUT2D eigenvalue weighted by atomic mass is 10.2. The van der Waals surface area contributed by atoms with Crippen molar-refractivity contribution in [2.75, 3.05) is 5.32 Å². The first kappa shape index (κ1) is 14.5. The molecule has 1 amide bonds. The molecule has 4 aromatic rings. The van der Waals surface area contributed by atoms with Crippen LogP contribution in [-0.4, -0.2) is 20.9 Å². The van der Waals surface area contributed by atoms with E-state index in [2.05, 4.69) is 20.3 Å². The number of rotatable bonds is 3. The Labute approximate surface area is 140 Å². The lowest BCUT2D eigenvalue weighted by Crippen LogP contribution is -2.11. The molecule has 0 radical (unpaired) electrons. The molecule has 1 aromatic carbocycles. The molecule has 24 heavy (non-hydrogen) atoms. The van der Waals surface area contributed by atoms with Crippen LogP contribution in [0.25, 0.3) is 22.3 Å². The van der Waals surface area contributed by atoms with Crippen LogP contribution in [0.1, 0.15) is 10.5 Å². The number of H-pyrrole nitrogens is 1. The molecule has 2 N–H and O–H groups in total. The van der Waals surface area contributed by atoms with E-state index in [1.807, 2.05) is 23.6 Å². The first-order chi connectivity index (χ1) is 11.7. The maximum Gasteiger partial charge on any atom is 0.273 e. The summed E-state index contributed by atoms with van der Waals surface area (Å²) in [7, 11) is 0. The van der Waals surface area contributed by atoms with Gasteiger partial charge in [-0.05, 0) is 36.4 Å². The molecule has 0 aliphatic rings. The number of thiazole rings is 1. The number of halogens is 1. The monoisotopic (exact) mass is 338 g/mol. The normalized spacial score (nSPS) is 10.9. The molecule has 0 unspecified atom stereocenters. The minimum atomic E-state index is -0.339. The second-order valence-electron chi connectivity index (χ2n) is 5.12. The van der Waals surface area contributed by atoms with Crippen LogP contribution in [0.3, 0.4) is 0 Å². The zero-order valence-electron chi connectivity index (χ0n) is 12.3. The van der Waals surface area contributed by atoms with Gasteiger partial charge in [-0.25, -0.2) is 9.37 Å². The SMILES string of the molecule is O=C(Nc1nc(-c2ccccn2)cs1)c1cc2cc(F)ccc2[nH]1. The smallest absolute Gasteiger partial charge is 0.273 e. The second-order valence-corrected chi connectivity index (χ2v) is 5.98. The van der Waals surface area contributed by atoms with E-state index < -0.39 is 0 Å². The van der Waals surface area contributed by atoms with Gasteiger partial charge < -0.3 is 4.98 Å². The van der Waals surface area contributed by atoms with Gasteiger partial charge in [0.15, 0.2) is 5.13 Å². The van der Waals surface area contributed by atoms with Crippen LogP contribution in [0, 0.1) is 5.82 Å². The third-order valence-corrected chi connectivity index (χ3v) is 4.24. The quantitative estimate of drug-likeness (QED) is 0.591. The van der Waals surface area contributed by atoms with Crippen molar-refractivity contribution < 1.29 is 9.18 Å². The standard InChI is InChI=1S/C17H11FN4OS/c18-11-4-5-12-10(7-11)8-14(20-12)16(23)22-17-21-15(9-24-17)13-3-1-2-6-19-13/h1-9,20H,(H,21,22,23). The number of nitrogens with one attached hydrogen (secondary N) is 2. The Morgan fingerprint density at radius 3 is 2.92 bits per heavy atom. The van der Waals surface area contributed by atoms with Crippen LogP contribution in [0.5, 0.6) is 0 Å². The molecule has 5 nitrogen and oxygen atoms in total. The molecule has 0 atom stereocenters. The predicted molar refractivity (Wildman–Crippen MR) is 91.6 cm³/mol. The zero-order valence-corrected chi connectivity index (χ0v) is 13.1. The van der Waals surface area contributed by atoms with E-state index in [-0.39, 0.29) is 11.7 Å². The molecule has 0 saturated heterocycles. The maximum atomic E-state index is 13.2. The van der Waals surface area contributed by atoms with E-state index in [1.54, 1.807) is 18.3 Å². The van der Waals surface area contributed by atoms with Gasteiger partial charge >= 0.3 is 0 Å². The van der Waals surface area contributed by atoms with Crippen molar-refractivity contribution in [2.24, 2.45) is 0 Å². The average Bonchev–Trinajstić information content (AvgIpc) is 3.22. The Morgan fingerprint density at radius 1 is 1.17 bits per heavy atom. The van der Waals surface area contributed by atoms with E-state index in [1.165, 1.54) is 23.5 Å². The third kappa shape index (κ3) is 2.77. The lowest BCUT2D eigenvalue weighted by molar-refractivity contribution is 0.102. The molecule has 0 spiro atoms. The number of amides is 1. The number of nitrogens with zero attached hydrogens (tertiary/aromatic N) is 2. The van der Waals surface area contributed by atoms with Crippen LogP contribution < -0.4 is 5.32 Å². The zero-order chi connectivity index (χ0) is 16.5. The van der Waals surface area contributed by atoms with Gasteiger partial charge in [0.1, 0.15) is 17.2 Å². The highest BCUT2D eigenvalue weighted by Crippen LogP contribution is 2.24. The highest BCUT2D eigenvalue weighted by atomic mass is 32.1. The molecule has 0 aliphatic carbocycles. The summed E-state index contributed by atoms with van der Waals surface area (Å²) in [5.41, 5.74) is 2.50. The number of anilines is 1. The van der Waals surface area contributed by atoms with Crippen molar-refractivity contribution in [2.45, 2.75) is 0 Å². The number of carbonyl (C=O) groups excluding carboxylic acids is 1. The first-order valence-electron chi connectivity index (χ1n) is 7.15. The Hall–Kier alpha value is -3.06. The minimum Gasteiger partial charge on any atom is -0.351 e. The molecule has 0 bridgehead atoms. The first-order valence-corrected chi connectivity index (χ1v) is 8.03. The van der Waals surface area contributed by atoms with Gasteiger partial charge in [0.25, 0.3) is 5.91 Å². The van der Waals surface area contributed by atoms with Crippen molar-refractivity contribution in [3.05, 3.63) is 65.6 Å². The van der Waals surface area contributed by atoms with E-state index in [0.29, 0.717) is 27.4 Å². The fourth-order valence-corrected chi connectivity index (χ4v) is 3.05. The molecule has 0 fully saturated rings. The summed E-state index contributed by atoms with van der Waals surface area (Å²) in [4.78, 5) is 23.9. The number of carbonyl (C=O) groups is 1. The molecule has 118 valence electrons. The number of aromatic nitrogens is 3. The van der Waals surface area contributed by atoms with Gasteiger partial charge in [0, 0.05) is 22.5 Å². The van der Waals surface area contributed by atoms with E-state index in [9.17, 15) is 9.18 Å². The van der Waals surface area contributed by atoms with Gasteiger partial charge in [-0.3, -0.25) is 15.1 Å². The van der Waals surface area contributed by atoms with Gasteiger partial charge in [0.2, 0.25) is 0 Å². The number of hydrogen-bond donors (Lipinski definition) is 2. The number of benzene rings is 1. The lowest BCUT2D eigenvalue weighted by Gasteiger charge is -1.98. The Kier molecular flexibility index (Phi) is 3.55. The fraction of sp³-hybridized carbons (Fsp3) is 0. The Morgan fingerprint density at radius 2 is 2.08 bits per heavy atom. The van der Waals surface area contributed by atoms with Crippen molar-refractivity contribution in [3.8, 4) is 11.4 Å². The summed E-state index contributed by atoms with van der Waals surface area (Å²) in [6.45, 7) is 0. The molecule has 7 heteroatoms. The van der Waals surface area contributed by atoms with E-state index >= 15 is 0 Å². The van der Waals surface area contributed by atoms with Crippen LogP contribution in [-0.2, 0) is 0 Å². The molecule has 0 aliphatic heterocycles. The van der Waals surface area contributed by atoms with E-state index in [0.717, 1.165) is 5.69 Å². The summed E-state index contributed by atoms with van der Waals surface area (Å²) in [5.74, 6) is -0.665. The highest BCUT2D eigenvalue weighted by Gasteiger charge is 2.13. The topological polar surface area (TPSA) is 70.7 Å². The Bertz CT molecular complexity index is 1030. The summed E-state index contributed by atoms with van der Waals surface area (Å²) in [5, 5.41) is 5.70. The van der Waals surface area contributed by atoms with Gasteiger partial charge in [0.05, 0.1) is 5.69 Å². The van der Waals surface area contributed by atoms with Crippen LogP contribution in [0.15, 0.2) is 54.0 Å². The van der Waals surface area contributed by atoms with Crippen molar-refractivity contribution in [1.29, 1.82) is 0 Å². The number of hydrogen-bond acceptors (Lipinski definition) is 4. The number of pyridine rings is 1. The van der Waals surface area contributed by atoms with E-state index in [4.69, 9.17) is 0 Å². The number of fused-ring (bicyclic) bond motifs is 1. The molecule has 0 saturated carbocycles. The molecular formula is C17H11FN4OS. The highest BCUT2D eigenvalue weighted by molar-refractivity contribution is 7.14. The molecule has 3 aromatic heterocycles. The summed E-state index contributed by atoms with van der Waals surface area (Å²) >= 11 is 1.32. The number of aromatic amines is 1. The fourth-order valence-electron chi connectivity index (χ4n) is 2.35. The van der Waals surface area contributed by atoms with Gasteiger partial charge in [-0.2, -0.15) is 0 Å². The summed E-state index contributed by atoms with van der Waals surface area (Å²) in [6.07, 6.45) is 1.69. The van der Waals surface area contributed by atoms with Crippen molar-refractivity contribution in [1.82, 2.24) is 15.0 Å². The maximum absolute atomic E-state index is 13.2. The van der Waals surface area contributed by atoms with Gasteiger partial charge in [-0.1, -0.05) is 6.07 Å². The van der Waals surface area contributed by atoms with Crippen LogP contribution in [0.2, 0.25) is 0 Å². The molecule has 4 rings (SSSR count). The van der Waals surface area contributed by atoms with Crippen LogP contribution in [0.4, 0.5) is 9.52 Å². The second kappa shape index (κ2) is 5.86. The largest absolute Gasteiger partial charge is 0.351 e. The average molecular weight is 338 g/mol. The Balaban J connectivity index is 1.56. The van der Waals surface area contributed by atoms with Crippen molar-refractivity contribution in [3.63, 3.8) is 0 Å². The van der Waals surface area contributed by atoms with Crippen LogP contribution >= 0.6 is 11.3 Å². The molecule has 3 heterocycles.